The van der Waals surface area contributed by atoms with Crippen LogP contribution < -0.4 is 0 Å². The third-order valence-corrected chi connectivity index (χ3v) is 2.49. The van der Waals surface area contributed by atoms with E-state index in [0.29, 0.717) is 4.77 Å². The van der Waals surface area contributed by atoms with Crippen LogP contribution in [0.3, 0.4) is 0 Å². The summed E-state index contributed by atoms with van der Waals surface area (Å²) in [5.74, 6) is 0. The minimum Gasteiger partial charge on any atom is -0.250 e. The van der Waals surface area contributed by atoms with Gasteiger partial charge in [-0.25, -0.2) is 0 Å². The predicted molar refractivity (Wildman–Crippen MR) is 64.5 cm³/mol. The third-order valence-electron chi connectivity index (χ3n) is 1.72. The second-order valence-corrected chi connectivity index (χ2v) is 4.11. The molecule has 2 aromatic rings. The van der Waals surface area contributed by atoms with Crippen LogP contribution in [0.5, 0.6) is 0 Å². The van der Waals surface area contributed by atoms with Gasteiger partial charge in [0.1, 0.15) is 6.33 Å². The van der Waals surface area contributed by atoms with Gasteiger partial charge in [0.2, 0.25) is 4.77 Å². The van der Waals surface area contributed by atoms with Gasteiger partial charge in [0.15, 0.2) is 0 Å². The number of aromatic amines is 1. The Morgan fingerprint density at radius 1 is 1.53 bits per heavy atom. The molecule has 6 heteroatoms. The van der Waals surface area contributed by atoms with E-state index in [0.717, 1.165) is 10.0 Å². The molecule has 0 aliphatic heterocycles. The molecular weight excluding hydrogens is 276 g/mol. The Hall–Kier alpha value is -1.27. The molecule has 4 nitrogen and oxygen atoms in total. The molecule has 0 saturated heterocycles. The normalized spacial score (nSPS) is 11.0. The van der Waals surface area contributed by atoms with E-state index in [-0.39, 0.29) is 0 Å². The van der Waals surface area contributed by atoms with Crippen molar-refractivity contribution in [1.29, 1.82) is 0 Å². The molecule has 1 N–H and O–H groups in total. The van der Waals surface area contributed by atoms with Crippen LogP contribution in [-0.2, 0) is 0 Å². The second kappa shape index (κ2) is 4.50. The zero-order valence-electron chi connectivity index (χ0n) is 7.59. The lowest BCUT2D eigenvalue weighted by molar-refractivity contribution is 0.863. The van der Waals surface area contributed by atoms with Crippen molar-refractivity contribution in [1.82, 2.24) is 14.9 Å². The number of H-pyrrole nitrogens is 1. The first-order valence-electron chi connectivity index (χ1n) is 4.17. The number of nitrogens with one attached hydrogen (secondary N) is 1. The molecule has 0 amide bonds. The van der Waals surface area contributed by atoms with Crippen LogP contribution in [0, 0.1) is 4.77 Å². The number of hydrogen-bond donors (Lipinski definition) is 1. The molecule has 0 spiro atoms. The molecule has 0 bridgehead atoms. The Bertz CT molecular complexity index is 543. The first kappa shape index (κ1) is 10.3. The zero-order valence-corrected chi connectivity index (χ0v) is 9.99. The molecule has 0 aliphatic rings. The molecule has 0 unspecified atom stereocenters. The first-order valence-corrected chi connectivity index (χ1v) is 5.38. The standard InChI is InChI=1S/C9H7BrN4S/c10-8-3-1-2-7(4-8)5-12-14-6-11-13-9(14)15/h1-6H,(H,13,15)/b12-5+. The first-order chi connectivity index (χ1) is 7.25. The van der Waals surface area contributed by atoms with Crippen molar-refractivity contribution in [3.05, 3.63) is 45.4 Å². The van der Waals surface area contributed by atoms with E-state index in [2.05, 4.69) is 31.2 Å². The summed E-state index contributed by atoms with van der Waals surface area (Å²) in [4.78, 5) is 0. The lowest BCUT2D eigenvalue weighted by atomic mass is 10.2. The summed E-state index contributed by atoms with van der Waals surface area (Å²) in [5.41, 5.74) is 0.993. The number of rotatable bonds is 2. The average molecular weight is 283 g/mol. The van der Waals surface area contributed by atoms with Crippen molar-refractivity contribution in [3.8, 4) is 0 Å². The summed E-state index contributed by atoms with van der Waals surface area (Å²) in [6.45, 7) is 0. The fourth-order valence-corrected chi connectivity index (χ4v) is 1.60. The van der Waals surface area contributed by atoms with Gasteiger partial charge in [0, 0.05) is 4.47 Å². The molecule has 2 rings (SSSR count). The van der Waals surface area contributed by atoms with Crippen molar-refractivity contribution in [2.24, 2.45) is 5.10 Å². The van der Waals surface area contributed by atoms with Gasteiger partial charge in [-0.2, -0.15) is 14.9 Å². The molecule has 1 aromatic heterocycles. The molecule has 0 fully saturated rings. The highest BCUT2D eigenvalue weighted by atomic mass is 79.9. The molecule has 1 aromatic carbocycles. The SMILES string of the molecule is S=c1[nH]ncn1/N=C/c1cccc(Br)c1. The Kier molecular flexibility index (Phi) is 3.08. The molecule has 0 atom stereocenters. The Morgan fingerprint density at radius 3 is 3.07 bits per heavy atom. The fraction of sp³-hybridized carbons (Fsp3) is 0. The van der Waals surface area contributed by atoms with Crippen LogP contribution in [0.25, 0.3) is 0 Å². The van der Waals surface area contributed by atoms with Gasteiger partial charge in [-0.15, -0.1) is 0 Å². The highest BCUT2D eigenvalue weighted by Crippen LogP contribution is 2.09. The van der Waals surface area contributed by atoms with E-state index in [4.69, 9.17) is 12.2 Å². The van der Waals surface area contributed by atoms with Crippen LogP contribution in [0.1, 0.15) is 5.56 Å². The Labute approximate surface area is 99.8 Å². The topological polar surface area (TPSA) is 46.0 Å². The van der Waals surface area contributed by atoms with Crippen LogP contribution >= 0.6 is 28.1 Å². The molecule has 0 radical (unpaired) electrons. The monoisotopic (exact) mass is 282 g/mol. The summed E-state index contributed by atoms with van der Waals surface area (Å²) in [6.07, 6.45) is 3.24. The molecule has 1 heterocycles. The van der Waals surface area contributed by atoms with E-state index in [9.17, 15) is 0 Å². The van der Waals surface area contributed by atoms with E-state index in [1.807, 2.05) is 24.3 Å². The van der Waals surface area contributed by atoms with E-state index < -0.39 is 0 Å². The summed E-state index contributed by atoms with van der Waals surface area (Å²) in [7, 11) is 0. The summed E-state index contributed by atoms with van der Waals surface area (Å²) < 4.78 is 2.99. The van der Waals surface area contributed by atoms with Gasteiger partial charge in [0.25, 0.3) is 0 Å². The predicted octanol–water partition coefficient (Wildman–Crippen LogP) is 2.59. The quantitative estimate of drug-likeness (QED) is 0.680. The molecule has 0 saturated carbocycles. The molecule has 76 valence electrons. The maximum absolute atomic E-state index is 4.95. The largest absolute Gasteiger partial charge is 0.250 e. The second-order valence-electron chi connectivity index (χ2n) is 2.81. The number of halogens is 1. The van der Waals surface area contributed by atoms with Crippen LogP contribution in [0.4, 0.5) is 0 Å². The number of aromatic nitrogens is 3. The average Bonchev–Trinajstić information content (AvgIpc) is 2.61. The van der Waals surface area contributed by atoms with Crippen molar-refractivity contribution in [3.63, 3.8) is 0 Å². The molecular formula is C9H7BrN4S. The van der Waals surface area contributed by atoms with E-state index >= 15 is 0 Å². The maximum atomic E-state index is 4.95. The van der Waals surface area contributed by atoms with Crippen molar-refractivity contribution in [2.75, 3.05) is 0 Å². The van der Waals surface area contributed by atoms with Gasteiger partial charge >= 0.3 is 0 Å². The van der Waals surface area contributed by atoms with Crippen LogP contribution in [-0.4, -0.2) is 21.1 Å². The maximum Gasteiger partial charge on any atom is 0.216 e. The highest BCUT2D eigenvalue weighted by Gasteiger charge is 1.91. The van der Waals surface area contributed by atoms with Gasteiger partial charge in [0.05, 0.1) is 6.21 Å². The van der Waals surface area contributed by atoms with Gasteiger partial charge in [-0.05, 0) is 29.9 Å². The molecule has 15 heavy (non-hydrogen) atoms. The number of benzene rings is 1. The summed E-state index contributed by atoms with van der Waals surface area (Å²) >= 11 is 8.34. The van der Waals surface area contributed by atoms with Gasteiger partial charge in [-0.3, -0.25) is 5.10 Å². The highest BCUT2D eigenvalue weighted by molar-refractivity contribution is 9.10. The van der Waals surface area contributed by atoms with Gasteiger partial charge in [-0.1, -0.05) is 28.1 Å². The van der Waals surface area contributed by atoms with E-state index in [1.165, 1.54) is 11.0 Å². The van der Waals surface area contributed by atoms with Crippen molar-refractivity contribution in [2.45, 2.75) is 0 Å². The number of nitrogens with zero attached hydrogens (tertiary/aromatic N) is 3. The zero-order chi connectivity index (χ0) is 10.7. The minimum absolute atomic E-state index is 0.473. The summed E-state index contributed by atoms with van der Waals surface area (Å²) in [5, 5.41) is 10.5. The Balaban J connectivity index is 2.26. The van der Waals surface area contributed by atoms with Gasteiger partial charge < -0.3 is 0 Å². The van der Waals surface area contributed by atoms with Crippen molar-refractivity contribution < 1.29 is 0 Å². The lowest BCUT2D eigenvalue weighted by Crippen LogP contribution is -1.88. The number of hydrogen-bond acceptors (Lipinski definition) is 3. The van der Waals surface area contributed by atoms with Crippen LogP contribution in [0.15, 0.2) is 40.2 Å². The summed E-state index contributed by atoms with van der Waals surface area (Å²) in [6, 6.07) is 7.83. The molecule has 0 aliphatic carbocycles. The fourth-order valence-electron chi connectivity index (χ4n) is 1.04. The Morgan fingerprint density at radius 2 is 2.40 bits per heavy atom. The third kappa shape index (κ3) is 2.60. The lowest BCUT2D eigenvalue weighted by Gasteiger charge is -1.93. The van der Waals surface area contributed by atoms with Crippen LogP contribution in [0.2, 0.25) is 0 Å². The smallest absolute Gasteiger partial charge is 0.216 e. The van der Waals surface area contributed by atoms with Crippen molar-refractivity contribution >= 4 is 34.4 Å². The minimum atomic E-state index is 0.473. The van der Waals surface area contributed by atoms with E-state index in [1.54, 1.807) is 6.21 Å².